The predicted molar refractivity (Wildman–Crippen MR) is 90.0 cm³/mol. The fourth-order valence-electron chi connectivity index (χ4n) is 2.25. The van der Waals surface area contributed by atoms with E-state index in [1.54, 1.807) is 36.1 Å². The lowest BCUT2D eigenvalue weighted by Gasteiger charge is -2.08. The fraction of sp³-hybridized carbons (Fsp3) is 0.235. The van der Waals surface area contributed by atoms with Crippen molar-refractivity contribution in [3.05, 3.63) is 48.5 Å². The highest BCUT2D eigenvalue weighted by Gasteiger charge is 2.08. The van der Waals surface area contributed by atoms with Crippen molar-refractivity contribution < 1.29 is 14.3 Å². The number of carbonyl (C=O) groups is 1. The molecule has 3 rings (SSSR count). The molecule has 0 saturated heterocycles. The summed E-state index contributed by atoms with van der Waals surface area (Å²) in [5.74, 6) is 0.561. The molecule has 0 aliphatic rings. The second-order valence-electron chi connectivity index (χ2n) is 5.15. The van der Waals surface area contributed by atoms with Gasteiger partial charge in [-0.1, -0.05) is 17.3 Å². The Labute approximate surface area is 139 Å². The number of aromatic nitrogens is 3. The summed E-state index contributed by atoms with van der Waals surface area (Å²) in [7, 11) is 1.63. The van der Waals surface area contributed by atoms with Crippen LogP contribution >= 0.6 is 0 Å². The van der Waals surface area contributed by atoms with E-state index in [1.807, 2.05) is 24.3 Å². The molecule has 24 heavy (non-hydrogen) atoms. The number of hydrogen-bond donors (Lipinski definition) is 1. The molecule has 2 aromatic carbocycles. The standard InChI is InChI=1S/C17H18N4O3/c1-23-10-11-24-14-8-6-13(7-9-14)18-17(22)12-21-16-5-3-2-4-15(16)19-20-21/h2-9H,10-12H2,1H3,(H,18,22). The molecule has 0 aliphatic carbocycles. The van der Waals surface area contributed by atoms with E-state index in [9.17, 15) is 4.79 Å². The third-order valence-corrected chi connectivity index (χ3v) is 3.41. The smallest absolute Gasteiger partial charge is 0.246 e. The van der Waals surface area contributed by atoms with Gasteiger partial charge in [0.25, 0.3) is 0 Å². The van der Waals surface area contributed by atoms with Gasteiger partial charge >= 0.3 is 0 Å². The summed E-state index contributed by atoms with van der Waals surface area (Å²) in [6, 6.07) is 14.7. The third kappa shape index (κ3) is 3.88. The number of nitrogens with one attached hydrogen (secondary N) is 1. The van der Waals surface area contributed by atoms with Crippen molar-refractivity contribution in [1.29, 1.82) is 0 Å². The molecule has 0 atom stereocenters. The van der Waals surface area contributed by atoms with E-state index >= 15 is 0 Å². The summed E-state index contributed by atoms with van der Waals surface area (Å²) in [6.07, 6.45) is 0. The van der Waals surface area contributed by atoms with Crippen molar-refractivity contribution in [3.63, 3.8) is 0 Å². The average Bonchev–Trinajstić information content (AvgIpc) is 3.00. The maximum absolute atomic E-state index is 12.2. The highest BCUT2D eigenvalue weighted by atomic mass is 16.5. The van der Waals surface area contributed by atoms with E-state index in [4.69, 9.17) is 9.47 Å². The number of carbonyl (C=O) groups excluding carboxylic acids is 1. The summed E-state index contributed by atoms with van der Waals surface area (Å²) in [5, 5.41) is 10.9. The molecule has 1 heterocycles. The summed E-state index contributed by atoms with van der Waals surface area (Å²) in [4.78, 5) is 12.2. The van der Waals surface area contributed by atoms with Crippen LogP contribution in [0.25, 0.3) is 11.0 Å². The van der Waals surface area contributed by atoms with Crippen molar-refractivity contribution in [3.8, 4) is 5.75 Å². The first-order chi connectivity index (χ1) is 11.8. The molecular weight excluding hydrogens is 308 g/mol. The zero-order chi connectivity index (χ0) is 16.8. The zero-order valence-corrected chi connectivity index (χ0v) is 13.3. The van der Waals surface area contributed by atoms with Crippen LogP contribution in [0, 0.1) is 0 Å². The van der Waals surface area contributed by atoms with E-state index in [0.717, 1.165) is 16.8 Å². The number of amides is 1. The average molecular weight is 326 g/mol. The number of para-hydroxylation sites is 1. The van der Waals surface area contributed by atoms with Gasteiger partial charge in [-0.25, -0.2) is 4.68 Å². The lowest BCUT2D eigenvalue weighted by molar-refractivity contribution is -0.116. The summed E-state index contributed by atoms with van der Waals surface area (Å²) < 4.78 is 12.0. The molecule has 0 aliphatic heterocycles. The molecule has 3 aromatic rings. The third-order valence-electron chi connectivity index (χ3n) is 3.41. The van der Waals surface area contributed by atoms with Gasteiger partial charge in [0.15, 0.2) is 0 Å². The van der Waals surface area contributed by atoms with E-state index in [-0.39, 0.29) is 12.5 Å². The van der Waals surface area contributed by atoms with Crippen LogP contribution in [-0.2, 0) is 16.1 Å². The molecule has 1 N–H and O–H groups in total. The van der Waals surface area contributed by atoms with Gasteiger partial charge < -0.3 is 14.8 Å². The number of ether oxygens (including phenoxy) is 2. The molecule has 124 valence electrons. The van der Waals surface area contributed by atoms with Crippen LogP contribution in [0.15, 0.2) is 48.5 Å². The van der Waals surface area contributed by atoms with Crippen molar-refractivity contribution in [1.82, 2.24) is 15.0 Å². The SMILES string of the molecule is COCCOc1ccc(NC(=O)Cn2nnc3ccccc32)cc1. The number of hydrogen-bond acceptors (Lipinski definition) is 5. The van der Waals surface area contributed by atoms with E-state index in [1.165, 1.54) is 0 Å². The number of anilines is 1. The Hall–Kier alpha value is -2.93. The second-order valence-corrected chi connectivity index (χ2v) is 5.15. The quantitative estimate of drug-likeness (QED) is 0.673. The number of fused-ring (bicyclic) bond motifs is 1. The summed E-state index contributed by atoms with van der Waals surface area (Å²) in [6.45, 7) is 1.12. The van der Waals surface area contributed by atoms with Gasteiger partial charge in [-0.05, 0) is 36.4 Å². The Kier molecular flexibility index (Phi) is 5.02. The lowest BCUT2D eigenvalue weighted by atomic mass is 10.3. The molecule has 0 saturated carbocycles. The molecule has 0 spiro atoms. The van der Waals surface area contributed by atoms with Crippen LogP contribution in [0.3, 0.4) is 0 Å². The van der Waals surface area contributed by atoms with E-state index in [2.05, 4.69) is 15.6 Å². The van der Waals surface area contributed by atoms with Crippen LogP contribution in [0.2, 0.25) is 0 Å². The molecule has 0 radical (unpaired) electrons. The van der Waals surface area contributed by atoms with Crippen LogP contribution in [0.1, 0.15) is 0 Å². The van der Waals surface area contributed by atoms with Gasteiger partial charge in [0.05, 0.1) is 12.1 Å². The Morgan fingerprint density at radius 1 is 1.12 bits per heavy atom. The van der Waals surface area contributed by atoms with Crippen molar-refractivity contribution >= 4 is 22.6 Å². The Morgan fingerprint density at radius 2 is 1.92 bits per heavy atom. The Morgan fingerprint density at radius 3 is 2.71 bits per heavy atom. The van der Waals surface area contributed by atoms with Crippen molar-refractivity contribution in [2.75, 3.05) is 25.6 Å². The minimum atomic E-state index is -0.168. The first-order valence-corrected chi connectivity index (χ1v) is 7.56. The number of rotatable bonds is 7. The largest absolute Gasteiger partial charge is 0.491 e. The van der Waals surface area contributed by atoms with Crippen LogP contribution in [0.5, 0.6) is 5.75 Å². The van der Waals surface area contributed by atoms with E-state index in [0.29, 0.717) is 18.9 Å². The number of methoxy groups -OCH3 is 1. The summed E-state index contributed by atoms with van der Waals surface area (Å²) in [5.41, 5.74) is 2.29. The molecule has 0 bridgehead atoms. The lowest BCUT2D eigenvalue weighted by Crippen LogP contribution is -2.19. The van der Waals surface area contributed by atoms with Crippen molar-refractivity contribution in [2.24, 2.45) is 0 Å². The predicted octanol–water partition coefficient (Wildman–Crippen LogP) is 2.10. The van der Waals surface area contributed by atoms with Gasteiger partial charge in [0, 0.05) is 12.8 Å². The van der Waals surface area contributed by atoms with Crippen LogP contribution < -0.4 is 10.1 Å². The first-order valence-electron chi connectivity index (χ1n) is 7.56. The highest BCUT2D eigenvalue weighted by Crippen LogP contribution is 2.16. The van der Waals surface area contributed by atoms with Crippen molar-refractivity contribution in [2.45, 2.75) is 6.54 Å². The first kappa shape index (κ1) is 15.9. The highest BCUT2D eigenvalue weighted by molar-refractivity contribution is 5.91. The minimum Gasteiger partial charge on any atom is -0.491 e. The molecule has 7 nitrogen and oxygen atoms in total. The van der Waals surface area contributed by atoms with E-state index < -0.39 is 0 Å². The monoisotopic (exact) mass is 326 g/mol. The van der Waals surface area contributed by atoms with Gasteiger partial charge in [-0.15, -0.1) is 5.10 Å². The molecule has 0 fully saturated rings. The zero-order valence-electron chi connectivity index (χ0n) is 13.3. The van der Waals surface area contributed by atoms with Gasteiger partial charge in [-0.2, -0.15) is 0 Å². The number of benzene rings is 2. The van der Waals surface area contributed by atoms with Gasteiger partial charge in [0.1, 0.15) is 24.4 Å². The molecule has 7 heteroatoms. The fourth-order valence-corrected chi connectivity index (χ4v) is 2.25. The molecule has 1 amide bonds. The normalized spacial score (nSPS) is 10.7. The van der Waals surface area contributed by atoms with Crippen LogP contribution in [-0.4, -0.2) is 41.2 Å². The van der Waals surface area contributed by atoms with Crippen LogP contribution in [0.4, 0.5) is 5.69 Å². The maximum Gasteiger partial charge on any atom is 0.246 e. The maximum atomic E-state index is 12.2. The number of nitrogens with zero attached hydrogens (tertiary/aromatic N) is 3. The molecular formula is C17H18N4O3. The second kappa shape index (κ2) is 7.56. The Balaban J connectivity index is 1.58. The molecule has 1 aromatic heterocycles. The van der Waals surface area contributed by atoms with Gasteiger partial charge in [-0.3, -0.25) is 4.79 Å². The summed E-state index contributed by atoms with van der Waals surface area (Å²) >= 11 is 0. The molecule has 0 unspecified atom stereocenters. The topological polar surface area (TPSA) is 78.3 Å². The minimum absolute atomic E-state index is 0.104. The van der Waals surface area contributed by atoms with Gasteiger partial charge in [0.2, 0.25) is 5.91 Å². The Bertz CT molecular complexity index is 814.